The molecule has 0 aliphatic carbocycles. The third-order valence-electron chi connectivity index (χ3n) is 5.08. The molecule has 0 fully saturated rings. The summed E-state index contributed by atoms with van der Waals surface area (Å²) in [6.45, 7) is 8.29. The van der Waals surface area contributed by atoms with Crippen molar-refractivity contribution in [2.45, 2.75) is 64.1 Å². The predicted molar refractivity (Wildman–Crippen MR) is 143 cm³/mol. The van der Waals surface area contributed by atoms with Gasteiger partial charge in [0, 0.05) is 12.5 Å². The molecule has 37 heavy (non-hydrogen) atoms. The molecule has 1 rings (SSSR count). The van der Waals surface area contributed by atoms with Crippen LogP contribution < -0.4 is 4.74 Å². The maximum atomic E-state index is 11.0. The van der Waals surface area contributed by atoms with E-state index >= 15 is 0 Å². The van der Waals surface area contributed by atoms with E-state index in [-0.39, 0.29) is 13.2 Å². The number of para-hydroxylation sites is 1. The van der Waals surface area contributed by atoms with Gasteiger partial charge in [-0.25, -0.2) is 4.79 Å². The zero-order valence-corrected chi connectivity index (χ0v) is 22.5. The van der Waals surface area contributed by atoms with Crippen LogP contribution in [0.4, 0.5) is 0 Å². The normalized spacial score (nSPS) is 12.3. The lowest BCUT2D eigenvalue weighted by atomic mass is 10.0. The standard InChI is InChI=1S/C25H44O7.C3H4O2/c1-2-3-4-5-6-7-11-14-25(27,32-24-12-9-8-10-13-24)23-31-22-21-30-20-19-29-18-17-28-16-15-26;1-2-3(4)5/h8-10,12-13,26-27H,2-7,11,14-23H2,1H3;2H,1H2,(H,4,5). The highest BCUT2D eigenvalue weighted by Crippen LogP contribution is 2.22. The predicted octanol–water partition coefficient (Wildman–Crippen LogP) is 4.21. The maximum Gasteiger partial charge on any atom is 0.327 e. The Morgan fingerprint density at radius 3 is 1.84 bits per heavy atom. The van der Waals surface area contributed by atoms with Gasteiger partial charge >= 0.3 is 5.97 Å². The number of hydrogen-bond donors (Lipinski definition) is 3. The maximum absolute atomic E-state index is 11.0. The number of aliphatic carboxylic acids is 1. The SMILES string of the molecule is C=CC(=O)O.CCCCCCCCCC(O)(COCCOCCOCCOCCO)Oc1ccccc1. The van der Waals surface area contributed by atoms with Crippen molar-refractivity contribution in [1.82, 2.24) is 0 Å². The van der Waals surface area contributed by atoms with Crippen molar-refractivity contribution in [2.24, 2.45) is 0 Å². The van der Waals surface area contributed by atoms with Gasteiger partial charge in [0.1, 0.15) is 12.4 Å². The molecule has 0 amide bonds. The summed E-state index contributed by atoms with van der Waals surface area (Å²) >= 11 is 0. The summed E-state index contributed by atoms with van der Waals surface area (Å²) in [5, 5.41) is 27.2. The lowest BCUT2D eigenvalue weighted by Gasteiger charge is -2.29. The van der Waals surface area contributed by atoms with Gasteiger partial charge in [-0.05, 0) is 18.6 Å². The molecule has 0 saturated heterocycles. The van der Waals surface area contributed by atoms with Gasteiger partial charge in [0.05, 0.1) is 52.9 Å². The molecule has 0 saturated carbocycles. The van der Waals surface area contributed by atoms with Gasteiger partial charge in [-0.2, -0.15) is 0 Å². The minimum Gasteiger partial charge on any atom is -0.478 e. The highest BCUT2D eigenvalue weighted by Gasteiger charge is 2.29. The Bertz CT molecular complexity index is 642. The van der Waals surface area contributed by atoms with E-state index in [2.05, 4.69) is 13.5 Å². The summed E-state index contributed by atoms with van der Waals surface area (Å²) in [6.07, 6.45) is 9.61. The number of unbranched alkanes of at least 4 members (excludes halogenated alkanes) is 6. The number of benzene rings is 1. The third-order valence-corrected chi connectivity index (χ3v) is 5.08. The zero-order valence-electron chi connectivity index (χ0n) is 22.5. The van der Waals surface area contributed by atoms with Crippen molar-refractivity contribution < 1.29 is 43.8 Å². The summed E-state index contributed by atoms with van der Waals surface area (Å²) in [7, 11) is 0. The third kappa shape index (κ3) is 24.1. The Hall–Kier alpha value is -2.01. The molecule has 0 heterocycles. The van der Waals surface area contributed by atoms with Crippen molar-refractivity contribution in [2.75, 3.05) is 59.5 Å². The second-order valence-corrected chi connectivity index (χ2v) is 8.39. The van der Waals surface area contributed by atoms with Gasteiger partial charge in [0.25, 0.3) is 0 Å². The van der Waals surface area contributed by atoms with E-state index in [9.17, 15) is 9.90 Å². The molecule has 0 aliphatic heterocycles. The molecular weight excluding hydrogens is 480 g/mol. The molecule has 0 aliphatic rings. The van der Waals surface area contributed by atoms with Crippen LogP contribution in [0.3, 0.4) is 0 Å². The number of rotatable bonds is 24. The first-order valence-electron chi connectivity index (χ1n) is 13.2. The van der Waals surface area contributed by atoms with E-state index in [1.807, 2.05) is 30.3 Å². The molecule has 0 spiro atoms. The first kappa shape index (κ1) is 35.0. The van der Waals surface area contributed by atoms with Crippen molar-refractivity contribution in [1.29, 1.82) is 0 Å². The average Bonchev–Trinajstić information content (AvgIpc) is 2.89. The minimum absolute atomic E-state index is 0.0215. The molecule has 9 nitrogen and oxygen atoms in total. The van der Waals surface area contributed by atoms with Gasteiger partial charge in [0.15, 0.2) is 0 Å². The molecule has 3 N–H and O–H groups in total. The van der Waals surface area contributed by atoms with Gasteiger partial charge in [-0.1, -0.05) is 70.2 Å². The van der Waals surface area contributed by atoms with Crippen LogP contribution in [0.15, 0.2) is 43.0 Å². The fourth-order valence-corrected chi connectivity index (χ4v) is 3.17. The fourth-order valence-electron chi connectivity index (χ4n) is 3.17. The summed E-state index contributed by atoms with van der Waals surface area (Å²) in [5.41, 5.74) is 0. The van der Waals surface area contributed by atoms with Crippen LogP contribution in [-0.4, -0.2) is 86.5 Å². The molecule has 214 valence electrons. The lowest BCUT2D eigenvalue weighted by molar-refractivity contribution is -0.185. The second kappa shape index (κ2) is 25.6. The van der Waals surface area contributed by atoms with E-state index in [0.717, 1.165) is 18.9 Å². The van der Waals surface area contributed by atoms with Crippen LogP contribution >= 0.6 is 0 Å². The van der Waals surface area contributed by atoms with E-state index in [4.69, 9.17) is 33.9 Å². The van der Waals surface area contributed by atoms with Crippen molar-refractivity contribution in [3.05, 3.63) is 43.0 Å². The number of ether oxygens (including phenoxy) is 5. The summed E-state index contributed by atoms with van der Waals surface area (Å²) in [5.74, 6) is -1.69. The van der Waals surface area contributed by atoms with E-state index in [0.29, 0.717) is 58.4 Å². The molecule has 0 aromatic heterocycles. The van der Waals surface area contributed by atoms with Gasteiger partial charge < -0.3 is 39.0 Å². The van der Waals surface area contributed by atoms with E-state index < -0.39 is 11.8 Å². The van der Waals surface area contributed by atoms with Gasteiger partial charge in [-0.3, -0.25) is 0 Å². The number of hydrogen-bond acceptors (Lipinski definition) is 8. The van der Waals surface area contributed by atoms with E-state index in [1.165, 1.54) is 32.1 Å². The largest absolute Gasteiger partial charge is 0.478 e. The zero-order chi connectivity index (χ0) is 27.5. The number of carboxylic acids is 1. The number of carboxylic acid groups (broad SMARTS) is 1. The fraction of sp³-hybridized carbons (Fsp3) is 0.679. The minimum atomic E-state index is -1.34. The van der Waals surface area contributed by atoms with Gasteiger partial charge in [0.2, 0.25) is 5.79 Å². The lowest BCUT2D eigenvalue weighted by Crippen LogP contribution is -2.41. The summed E-state index contributed by atoms with van der Waals surface area (Å²) < 4.78 is 27.5. The molecular formula is C28H48O9. The van der Waals surface area contributed by atoms with Gasteiger partial charge in [-0.15, -0.1) is 0 Å². The van der Waals surface area contributed by atoms with Crippen molar-refractivity contribution in [3.63, 3.8) is 0 Å². The Morgan fingerprint density at radius 1 is 0.838 bits per heavy atom. The molecule has 0 bridgehead atoms. The highest BCUT2D eigenvalue weighted by molar-refractivity contribution is 5.78. The topological polar surface area (TPSA) is 124 Å². The molecule has 1 aromatic carbocycles. The number of aliphatic hydroxyl groups is 2. The highest BCUT2D eigenvalue weighted by atomic mass is 16.7. The molecule has 1 aromatic rings. The second-order valence-electron chi connectivity index (χ2n) is 8.39. The van der Waals surface area contributed by atoms with Crippen molar-refractivity contribution in [3.8, 4) is 5.75 Å². The first-order chi connectivity index (χ1) is 18.0. The van der Waals surface area contributed by atoms with E-state index in [1.54, 1.807) is 0 Å². The Morgan fingerprint density at radius 2 is 1.32 bits per heavy atom. The average molecular weight is 529 g/mol. The Kier molecular flexibility index (Phi) is 24.2. The number of carbonyl (C=O) groups is 1. The van der Waals surface area contributed by atoms with Crippen LogP contribution in [0.1, 0.15) is 58.3 Å². The molecule has 1 unspecified atom stereocenters. The quantitative estimate of drug-likeness (QED) is 0.103. The van der Waals surface area contributed by atoms with Crippen LogP contribution in [0, 0.1) is 0 Å². The summed E-state index contributed by atoms with van der Waals surface area (Å²) in [6, 6.07) is 9.38. The Balaban J connectivity index is 0.00000235. The summed E-state index contributed by atoms with van der Waals surface area (Å²) in [4.78, 5) is 9.25. The first-order valence-corrected chi connectivity index (χ1v) is 13.2. The van der Waals surface area contributed by atoms with Crippen LogP contribution in [-0.2, 0) is 23.7 Å². The molecule has 0 radical (unpaired) electrons. The van der Waals surface area contributed by atoms with Crippen LogP contribution in [0.2, 0.25) is 0 Å². The smallest absolute Gasteiger partial charge is 0.327 e. The Labute approximate surface area is 222 Å². The molecule has 9 heteroatoms. The monoisotopic (exact) mass is 528 g/mol. The number of aliphatic hydroxyl groups excluding tert-OH is 1. The van der Waals surface area contributed by atoms with Crippen molar-refractivity contribution >= 4 is 5.97 Å². The van der Waals surface area contributed by atoms with Crippen LogP contribution in [0.5, 0.6) is 5.75 Å². The van der Waals surface area contributed by atoms with Crippen LogP contribution in [0.25, 0.3) is 0 Å². The molecule has 1 atom stereocenters.